The van der Waals surface area contributed by atoms with Gasteiger partial charge in [-0.3, -0.25) is 0 Å². The van der Waals surface area contributed by atoms with Crippen molar-refractivity contribution < 1.29 is 28.6 Å². The molecule has 0 bridgehead atoms. The lowest BCUT2D eigenvalue weighted by molar-refractivity contribution is -0.139. The molecular weight excluding hydrogens is 340 g/mol. The van der Waals surface area contributed by atoms with E-state index in [2.05, 4.69) is 9.58 Å². The molecule has 0 aromatic heterocycles. The van der Waals surface area contributed by atoms with E-state index in [1.165, 1.54) is 0 Å². The minimum Gasteiger partial charge on any atom is -0.458 e. The van der Waals surface area contributed by atoms with Crippen molar-refractivity contribution >= 4 is 30.7 Å². The van der Waals surface area contributed by atoms with Gasteiger partial charge >= 0.3 is 30.7 Å². The first-order chi connectivity index (χ1) is 11.4. The van der Waals surface area contributed by atoms with Gasteiger partial charge in [0.2, 0.25) is 0 Å². The zero-order valence-electron chi connectivity index (χ0n) is 16.3. The van der Waals surface area contributed by atoms with Gasteiger partial charge in [0.1, 0.15) is 0 Å². The van der Waals surface area contributed by atoms with Crippen molar-refractivity contribution in [3.8, 4) is 0 Å². The van der Waals surface area contributed by atoms with Crippen LogP contribution in [0.15, 0.2) is 0 Å². The van der Waals surface area contributed by atoms with E-state index in [4.69, 9.17) is 9.47 Å². The highest BCUT2D eigenvalue weighted by molar-refractivity contribution is 7.36. The van der Waals surface area contributed by atoms with Gasteiger partial charge in [0, 0.05) is 0 Å². The highest BCUT2D eigenvalue weighted by Crippen LogP contribution is 2.52. The molecule has 0 saturated carbocycles. The predicted molar refractivity (Wildman–Crippen MR) is 95.7 cm³/mol. The zero-order chi connectivity index (χ0) is 20.1. The summed E-state index contributed by atoms with van der Waals surface area (Å²) in [6.07, 6.45) is 0. The molecule has 0 aromatic rings. The summed E-state index contributed by atoms with van der Waals surface area (Å²) in [5.74, 6) is -1.68. The van der Waals surface area contributed by atoms with Crippen molar-refractivity contribution in [3.05, 3.63) is 11.1 Å². The monoisotopic (exact) mass is 368 g/mol. The van der Waals surface area contributed by atoms with Crippen LogP contribution in [0.2, 0.25) is 10.1 Å². The molecule has 0 rings (SSSR count). The Morgan fingerprint density at radius 3 is 1.24 bits per heavy atom. The Morgan fingerprint density at radius 2 is 1.08 bits per heavy atom. The summed E-state index contributed by atoms with van der Waals surface area (Å²) in [6, 6.07) is 0. The van der Waals surface area contributed by atoms with Gasteiger partial charge in [-0.1, -0.05) is 41.5 Å². The molecule has 0 unspecified atom stereocenters. The van der Waals surface area contributed by atoms with E-state index in [1.54, 1.807) is 55.4 Å². The Bertz CT molecular complexity index is 578. The summed E-state index contributed by atoms with van der Waals surface area (Å²) in [5.41, 5.74) is 19.3. The van der Waals surface area contributed by atoms with Gasteiger partial charge in [-0.05, 0) is 23.9 Å². The first-order valence-electron chi connectivity index (χ1n) is 8.16. The summed E-state index contributed by atoms with van der Waals surface area (Å²) in [6.45, 7) is 14.2. The summed E-state index contributed by atoms with van der Waals surface area (Å²) >= 11 is 0. The van der Waals surface area contributed by atoms with Crippen molar-refractivity contribution in [2.75, 3.05) is 13.2 Å². The van der Waals surface area contributed by atoms with Crippen LogP contribution in [0.3, 0.4) is 0 Å². The average molecular weight is 369 g/mol. The number of hydrogen-bond acceptors (Lipinski definition) is 4. The lowest BCUT2D eigenvalue weighted by atomic mass is 10.2. The van der Waals surface area contributed by atoms with Crippen LogP contribution >= 0.6 is 0 Å². The molecule has 0 heterocycles. The molecule has 0 aliphatic rings. The maximum atomic E-state index is 12.5. The SMILES string of the molecule is CCOC(=O)C(=[N+]=[N-])[Si](C(=[N+]=[N-])C(=O)OCC)(C(C)(C)C)C(C)(C)C. The Hall–Kier alpha value is -2.08. The fourth-order valence-electron chi connectivity index (χ4n) is 3.59. The molecule has 0 amide bonds. The van der Waals surface area contributed by atoms with Gasteiger partial charge < -0.3 is 20.5 Å². The topological polar surface area (TPSA) is 125 Å². The van der Waals surface area contributed by atoms with Crippen LogP contribution < -0.4 is 0 Å². The van der Waals surface area contributed by atoms with E-state index >= 15 is 0 Å². The number of esters is 2. The fraction of sp³-hybridized carbons (Fsp3) is 0.750. The number of nitrogens with zero attached hydrogens (tertiary/aromatic N) is 4. The van der Waals surface area contributed by atoms with E-state index in [-0.39, 0.29) is 23.9 Å². The normalized spacial score (nSPS) is 11.8. The molecule has 0 radical (unpaired) electrons. The van der Waals surface area contributed by atoms with E-state index < -0.39 is 30.1 Å². The second-order valence-electron chi connectivity index (χ2n) is 7.59. The summed E-state index contributed by atoms with van der Waals surface area (Å²) in [5, 5.41) is -2.05. The first-order valence-corrected chi connectivity index (χ1v) is 10.2. The number of ether oxygens (including phenoxy) is 2. The molecular formula is C16H28N4O4Si. The van der Waals surface area contributed by atoms with Gasteiger partial charge in [-0.2, -0.15) is 9.58 Å². The maximum Gasteiger partial charge on any atom is 0.410 e. The molecule has 9 heteroatoms. The van der Waals surface area contributed by atoms with E-state index in [9.17, 15) is 20.7 Å². The van der Waals surface area contributed by atoms with Gasteiger partial charge in [-0.15, -0.1) is 0 Å². The lowest BCUT2D eigenvalue weighted by Gasteiger charge is -2.42. The van der Waals surface area contributed by atoms with Crippen molar-refractivity contribution in [2.24, 2.45) is 0 Å². The van der Waals surface area contributed by atoms with Crippen LogP contribution in [0.5, 0.6) is 0 Å². The fourth-order valence-corrected chi connectivity index (χ4v) is 9.97. The molecule has 25 heavy (non-hydrogen) atoms. The van der Waals surface area contributed by atoms with Crippen LogP contribution in [-0.2, 0) is 19.1 Å². The van der Waals surface area contributed by atoms with Gasteiger partial charge in [0.05, 0.1) is 13.2 Å². The molecule has 0 saturated heterocycles. The van der Waals surface area contributed by atoms with Crippen LogP contribution in [-0.4, -0.2) is 53.5 Å². The third kappa shape index (κ3) is 4.12. The Balaban J connectivity index is 7.12. The quantitative estimate of drug-likeness (QED) is 0.235. The van der Waals surface area contributed by atoms with Crippen LogP contribution in [0.1, 0.15) is 55.4 Å². The van der Waals surface area contributed by atoms with Crippen molar-refractivity contribution in [2.45, 2.75) is 65.5 Å². The van der Waals surface area contributed by atoms with E-state index in [1.807, 2.05) is 0 Å². The number of rotatable bonds is 6. The van der Waals surface area contributed by atoms with Crippen LogP contribution in [0, 0.1) is 0 Å². The van der Waals surface area contributed by atoms with Gasteiger partial charge in [0.15, 0.2) is 0 Å². The number of carbonyl (C=O) groups excluding carboxylic acids is 2. The Labute approximate surface area is 149 Å². The highest BCUT2D eigenvalue weighted by atomic mass is 28.3. The smallest absolute Gasteiger partial charge is 0.410 e. The maximum absolute atomic E-state index is 12.5. The molecule has 0 aliphatic heterocycles. The third-order valence-corrected chi connectivity index (χ3v) is 10.6. The number of hydrogen-bond donors (Lipinski definition) is 0. The largest absolute Gasteiger partial charge is 0.458 e. The van der Waals surface area contributed by atoms with Crippen molar-refractivity contribution in [1.82, 2.24) is 0 Å². The average Bonchev–Trinajstić information content (AvgIpc) is 2.45. The van der Waals surface area contributed by atoms with E-state index in [0.717, 1.165) is 0 Å². The molecule has 0 atom stereocenters. The van der Waals surface area contributed by atoms with Crippen LogP contribution in [0.4, 0.5) is 0 Å². The van der Waals surface area contributed by atoms with Crippen LogP contribution in [0.25, 0.3) is 11.1 Å². The second-order valence-corrected chi connectivity index (χ2v) is 13.0. The molecule has 0 fully saturated rings. The van der Waals surface area contributed by atoms with Gasteiger partial charge in [0.25, 0.3) is 0 Å². The van der Waals surface area contributed by atoms with E-state index in [0.29, 0.717) is 0 Å². The first kappa shape index (κ1) is 22.9. The number of carbonyl (C=O) groups is 2. The Morgan fingerprint density at radius 1 is 0.800 bits per heavy atom. The lowest BCUT2D eigenvalue weighted by Crippen LogP contribution is -2.69. The minimum atomic E-state index is -3.61. The molecule has 0 aromatic carbocycles. The van der Waals surface area contributed by atoms with Crippen molar-refractivity contribution in [1.29, 1.82) is 0 Å². The predicted octanol–water partition coefficient (Wildman–Crippen LogP) is 2.58. The summed E-state index contributed by atoms with van der Waals surface area (Å²) < 4.78 is 10.1. The van der Waals surface area contributed by atoms with Gasteiger partial charge in [-0.25, -0.2) is 9.59 Å². The highest BCUT2D eigenvalue weighted by Gasteiger charge is 2.75. The molecule has 140 valence electrons. The minimum absolute atomic E-state index is 0.0711. The third-order valence-electron chi connectivity index (χ3n) is 4.10. The second kappa shape index (κ2) is 8.34. The Kier molecular flexibility index (Phi) is 7.64. The zero-order valence-corrected chi connectivity index (χ0v) is 17.3. The standard InChI is InChI=1S/C16H28N4O4Si/c1-9-23-13(21)11(19-17)25(15(3,4)5,16(6,7)8)12(20-18)14(22)24-10-2/h9-10H2,1-8H3. The van der Waals surface area contributed by atoms with Crippen molar-refractivity contribution in [3.63, 3.8) is 0 Å². The molecule has 0 N–H and O–H groups in total. The summed E-state index contributed by atoms with van der Waals surface area (Å²) in [7, 11) is -3.61. The molecule has 0 spiro atoms. The summed E-state index contributed by atoms with van der Waals surface area (Å²) in [4.78, 5) is 31.6. The molecule has 0 aliphatic carbocycles. The molecule has 8 nitrogen and oxygen atoms in total.